The van der Waals surface area contributed by atoms with E-state index in [2.05, 4.69) is 40.2 Å². The fourth-order valence-electron chi connectivity index (χ4n) is 3.23. The van der Waals surface area contributed by atoms with E-state index in [1.165, 1.54) is 11.1 Å². The van der Waals surface area contributed by atoms with E-state index in [9.17, 15) is 4.79 Å². The molecular formula is C18H27N3O2. The molecule has 0 radical (unpaired) electrons. The zero-order chi connectivity index (χ0) is 16.1. The molecule has 0 saturated carbocycles. The molecule has 0 atom stereocenters. The van der Waals surface area contributed by atoms with E-state index in [0.29, 0.717) is 6.54 Å². The quantitative estimate of drug-likeness (QED) is 0.858. The summed E-state index contributed by atoms with van der Waals surface area (Å²) in [5, 5.41) is 2.95. The molecule has 126 valence electrons. The first-order valence-electron chi connectivity index (χ1n) is 8.70. The highest BCUT2D eigenvalue weighted by Gasteiger charge is 2.19. The monoisotopic (exact) mass is 317 g/mol. The number of hydrogen-bond acceptors (Lipinski definition) is 4. The predicted molar refractivity (Wildman–Crippen MR) is 90.7 cm³/mol. The van der Waals surface area contributed by atoms with Gasteiger partial charge in [0.05, 0.1) is 13.2 Å². The first kappa shape index (κ1) is 16.3. The summed E-state index contributed by atoms with van der Waals surface area (Å²) in [6, 6.07) is 6.56. The predicted octanol–water partition coefficient (Wildman–Crippen LogP) is 1.27. The minimum Gasteiger partial charge on any atom is -0.493 e. The number of carbonyl (C=O) groups excluding carboxylic acids is 1. The van der Waals surface area contributed by atoms with E-state index in [1.807, 2.05) is 0 Å². The zero-order valence-corrected chi connectivity index (χ0v) is 14.0. The van der Waals surface area contributed by atoms with Gasteiger partial charge < -0.3 is 10.1 Å². The summed E-state index contributed by atoms with van der Waals surface area (Å²) < 4.78 is 5.56. The van der Waals surface area contributed by atoms with Crippen LogP contribution in [0, 0.1) is 0 Å². The van der Waals surface area contributed by atoms with Crippen molar-refractivity contribution in [2.75, 3.05) is 45.9 Å². The Bertz CT molecular complexity index is 539. The topological polar surface area (TPSA) is 44.8 Å². The number of fused-ring (bicyclic) bond motifs is 1. The molecule has 23 heavy (non-hydrogen) atoms. The van der Waals surface area contributed by atoms with Crippen molar-refractivity contribution in [3.05, 3.63) is 29.3 Å². The number of piperazine rings is 1. The Kier molecular flexibility index (Phi) is 5.51. The molecule has 1 fully saturated rings. The second-order valence-electron chi connectivity index (χ2n) is 6.44. The Hall–Kier alpha value is -1.59. The first-order valence-corrected chi connectivity index (χ1v) is 8.70. The van der Waals surface area contributed by atoms with Crippen molar-refractivity contribution in [3.63, 3.8) is 0 Å². The van der Waals surface area contributed by atoms with Crippen molar-refractivity contribution in [2.45, 2.75) is 26.3 Å². The number of carbonyl (C=O) groups is 1. The number of nitrogens with one attached hydrogen (secondary N) is 1. The van der Waals surface area contributed by atoms with Gasteiger partial charge in [0.2, 0.25) is 5.91 Å². The van der Waals surface area contributed by atoms with Crippen LogP contribution >= 0.6 is 0 Å². The van der Waals surface area contributed by atoms with Gasteiger partial charge in [0.25, 0.3) is 0 Å². The van der Waals surface area contributed by atoms with Gasteiger partial charge in [-0.2, -0.15) is 0 Å². The van der Waals surface area contributed by atoms with E-state index in [-0.39, 0.29) is 5.91 Å². The number of hydrogen-bond donors (Lipinski definition) is 1. The number of amides is 1. The average Bonchev–Trinajstić information content (AvgIpc) is 3.02. The van der Waals surface area contributed by atoms with Gasteiger partial charge in [0.15, 0.2) is 0 Å². The highest BCUT2D eigenvalue weighted by Crippen LogP contribution is 2.26. The minimum absolute atomic E-state index is 0.152. The maximum Gasteiger partial charge on any atom is 0.234 e. The molecule has 0 unspecified atom stereocenters. The van der Waals surface area contributed by atoms with Gasteiger partial charge >= 0.3 is 0 Å². The van der Waals surface area contributed by atoms with Gasteiger partial charge in [-0.3, -0.25) is 14.6 Å². The normalized spacial score (nSPS) is 18.5. The maximum atomic E-state index is 11.8. The summed E-state index contributed by atoms with van der Waals surface area (Å²) in [7, 11) is 0. The van der Waals surface area contributed by atoms with E-state index in [0.717, 1.165) is 64.5 Å². The fraction of sp³-hybridized carbons (Fsp3) is 0.611. The van der Waals surface area contributed by atoms with Crippen LogP contribution < -0.4 is 10.1 Å². The molecule has 5 nitrogen and oxygen atoms in total. The summed E-state index contributed by atoms with van der Waals surface area (Å²) in [6.45, 7) is 9.17. The second kappa shape index (κ2) is 7.79. The standard InChI is InChI=1S/C18H27N3O2/c1-2-6-19-18(22)14-21-9-7-20(8-10-21)13-15-3-4-17-16(12-15)5-11-23-17/h3-4,12H,2,5-11,13-14H2,1H3,(H,19,22). The van der Waals surface area contributed by atoms with Crippen LogP contribution in [-0.4, -0.2) is 61.6 Å². The summed E-state index contributed by atoms with van der Waals surface area (Å²) in [5.41, 5.74) is 2.71. The van der Waals surface area contributed by atoms with E-state index >= 15 is 0 Å². The van der Waals surface area contributed by atoms with E-state index < -0.39 is 0 Å². The van der Waals surface area contributed by atoms with Gasteiger partial charge in [-0.15, -0.1) is 0 Å². The third kappa shape index (κ3) is 4.45. The Morgan fingerprint density at radius 1 is 1.22 bits per heavy atom. The molecule has 0 bridgehead atoms. The number of nitrogens with zero attached hydrogens (tertiary/aromatic N) is 2. The van der Waals surface area contributed by atoms with Crippen molar-refractivity contribution in [2.24, 2.45) is 0 Å². The Labute approximate surface area is 138 Å². The molecule has 1 saturated heterocycles. The lowest BCUT2D eigenvalue weighted by Gasteiger charge is -2.34. The molecule has 5 heteroatoms. The molecule has 1 amide bonds. The zero-order valence-electron chi connectivity index (χ0n) is 14.0. The average molecular weight is 317 g/mol. The summed E-state index contributed by atoms with van der Waals surface area (Å²) in [5.74, 6) is 1.20. The molecule has 1 N–H and O–H groups in total. The molecule has 1 aromatic carbocycles. The molecule has 0 spiro atoms. The van der Waals surface area contributed by atoms with Gasteiger partial charge in [0.1, 0.15) is 5.75 Å². The van der Waals surface area contributed by atoms with Crippen molar-refractivity contribution >= 4 is 5.91 Å². The smallest absolute Gasteiger partial charge is 0.234 e. The first-order chi connectivity index (χ1) is 11.2. The maximum absolute atomic E-state index is 11.8. The number of benzene rings is 1. The largest absolute Gasteiger partial charge is 0.493 e. The van der Waals surface area contributed by atoms with Crippen LogP contribution in [0.25, 0.3) is 0 Å². The van der Waals surface area contributed by atoms with E-state index in [4.69, 9.17) is 4.74 Å². The highest BCUT2D eigenvalue weighted by atomic mass is 16.5. The molecule has 0 aliphatic carbocycles. The van der Waals surface area contributed by atoms with Gasteiger partial charge in [0, 0.05) is 45.7 Å². The van der Waals surface area contributed by atoms with Crippen LogP contribution in [0.15, 0.2) is 18.2 Å². The van der Waals surface area contributed by atoms with Crippen molar-refractivity contribution in [1.29, 1.82) is 0 Å². The van der Waals surface area contributed by atoms with Gasteiger partial charge in [-0.1, -0.05) is 19.1 Å². The van der Waals surface area contributed by atoms with Crippen LogP contribution in [-0.2, 0) is 17.8 Å². The summed E-state index contributed by atoms with van der Waals surface area (Å²) in [6.07, 6.45) is 2.02. The summed E-state index contributed by atoms with van der Waals surface area (Å²) in [4.78, 5) is 16.5. The molecule has 1 aromatic rings. The highest BCUT2D eigenvalue weighted by molar-refractivity contribution is 5.77. The third-order valence-electron chi connectivity index (χ3n) is 4.56. The Balaban J connectivity index is 1.43. The van der Waals surface area contributed by atoms with Crippen LogP contribution in [0.3, 0.4) is 0 Å². The molecule has 3 rings (SSSR count). The third-order valence-corrected chi connectivity index (χ3v) is 4.56. The lowest BCUT2D eigenvalue weighted by atomic mass is 10.1. The van der Waals surface area contributed by atoms with Crippen LogP contribution in [0.1, 0.15) is 24.5 Å². The van der Waals surface area contributed by atoms with Crippen LogP contribution in [0.5, 0.6) is 5.75 Å². The molecule has 2 heterocycles. The van der Waals surface area contributed by atoms with Gasteiger partial charge in [-0.25, -0.2) is 0 Å². The fourth-order valence-corrected chi connectivity index (χ4v) is 3.23. The SMILES string of the molecule is CCCNC(=O)CN1CCN(Cc2ccc3c(c2)CCO3)CC1. The molecular weight excluding hydrogens is 290 g/mol. The van der Waals surface area contributed by atoms with Gasteiger partial charge in [-0.05, 0) is 23.6 Å². The number of ether oxygens (including phenoxy) is 1. The Morgan fingerprint density at radius 3 is 2.78 bits per heavy atom. The summed E-state index contributed by atoms with van der Waals surface area (Å²) >= 11 is 0. The second-order valence-corrected chi connectivity index (χ2v) is 6.44. The minimum atomic E-state index is 0.152. The number of rotatable bonds is 6. The molecule has 2 aliphatic heterocycles. The van der Waals surface area contributed by atoms with Crippen molar-refractivity contribution < 1.29 is 9.53 Å². The lowest BCUT2D eigenvalue weighted by molar-refractivity contribution is -0.122. The molecule has 2 aliphatic rings. The van der Waals surface area contributed by atoms with Crippen LogP contribution in [0.2, 0.25) is 0 Å². The van der Waals surface area contributed by atoms with Crippen molar-refractivity contribution in [1.82, 2.24) is 15.1 Å². The van der Waals surface area contributed by atoms with Crippen molar-refractivity contribution in [3.8, 4) is 5.75 Å². The Morgan fingerprint density at radius 2 is 2.00 bits per heavy atom. The van der Waals surface area contributed by atoms with E-state index in [1.54, 1.807) is 0 Å². The lowest BCUT2D eigenvalue weighted by Crippen LogP contribution is -2.49. The van der Waals surface area contributed by atoms with Crippen LogP contribution in [0.4, 0.5) is 0 Å². The molecule has 0 aromatic heterocycles.